The summed E-state index contributed by atoms with van der Waals surface area (Å²) in [5.41, 5.74) is 2.08. The molecule has 1 heterocycles. The zero-order valence-electron chi connectivity index (χ0n) is 13.3. The molecule has 2 nitrogen and oxygen atoms in total. The van der Waals surface area contributed by atoms with Gasteiger partial charge in [-0.3, -0.25) is 4.90 Å². The summed E-state index contributed by atoms with van der Waals surface area (Å²) in [6.45, 7) is 8.12. The summed E-state index contributed by atoms with van der Waals surface area (Å²) in [5.74, 6) is 0. The Morgan fingerprint density at radius 2 is 2.05 bits per heavy atom. The van der Waals surface area contributed by atoms with Crippen LogP contribution in [0.4, 0.5) is 0 Å². The minimum absolute atomic E-state index is 0.274. The molecule has 116 valence electrons. The van der Waals surface area contributed by atoms with Gasteiger partial charge < -0.3 is 5.32 Å². The predicted octanol–water partition coefficient (Wildman–Crippen LogP) is 4.34. The lowest BCUT2D eigenvalue weighted by Gasteiger charge is -2.52. The molecule has 1 atom stereocenters. The molecule has 1 aliphatic heterocycles. The van der Waals surface area contributed by atoms with Crippen molar-refractivity contribution in [3.05, 3.63) is 34.3 Å². The molecule has 21 heavy (non-hydrogen) atoms. The van der Waals surface area contributed by atoms with Gasteiger partial charge in [0.1, 0.15) is 0 Å². The van der Waals surface area contributed by atoms with E-state index in [1.54, 1.807) is 0 Å². The summed E-state index contributed by atoms with van der Waals surface area (Å²) in [7, 11) is 0. The lowest BCUT2D eigenvalue weighted by atomic mass is 9.84. The maximum atomic E-state index is 3.91. The highest BCUT2D eigenvalue weighted by molar-refractivity contribution is 9.10. The van der Waals surface area contributed by atoms with Crippen molar-refractivity contribution in [3.8, 4) is 0 Å². The molecule has 1 aliphatic carbocycles. The quantitative estimate of drug-likeness (QED) is 0.872. The molecule has 0 bridgehead atoms. The van der Waals surface area contributed by atoms with E-state index in [4.69, 9.17) is 0 Å². The summed E-state index contributed by atoms with van der Waals surface area (Å²) in [4.78, 5) is 2.73. The van der Waals surface area contributed by atoms with E-state index >= 15 is 0 Å². The fourth-order valence-electron chi connectivity index (χ4n) is 3.94. The highest BCUT2D eigenvalue weighted by atomic mass is 79.9. The normalized spacial score (nSPS) is 29.1. The second-order valence-electron chi connectivity index (χ2n) is 7.18. The first-order chi connectivity index (χ1) is 10.1. The number of hydrogen-bond donors (Lipinski definition) is 1. The number of nitrogens with one attached hydrogen (secondary N) is 1. The number of hydrogen-bond acceptors (Lipinski definition) is 2. The maximum absolute atomic E-state index is 3.91. The molecule has 3 heteroatoms. The predicted molar refractivity (Wildman–Crippen MR) is 92.4 cm³/mol. The number of piperazine rings is 1. The summed E-state index contributed by atoms with van der Waals surface area (Å²) in [6.07, 6.45) is 6.68. The summed E-state index contributed by atoms with van der Waals surface area (Å²) >= 11 is 3.60. The van der Waals surface area contributed by atoms with Gasteiger partial charge in [0.25, 0.3) is 0 Å². The fraction of sp³-hybridized carbons (Fsp3) is 0.667. The molecular formula is C18H27BrN2. The largest absolute Gasteiger partial charge is 0.308 e. The Bertz CT molecular complexity index is 496. The Hall–Kier alpha value is -0.380. The molecule has 2 fully saturated rings. The molecule has 1 saturated heterocycles. The van der Waals surface area contributed by atoms with E-state index in [2.05, 4.69) is 64.3 Å². The Labute approximate surface area is 137 Å². The molecule has 1 unspecified atom stereocenters. The molecule has 1 saturated carbocycles. The van der Waals surface area contributed by atoms with Crippen LogP contribution in [0.5, 0.6) is 0 Å². The van der Waals surface area contributed by atoms with Crippen molar-refractivity contribution < 1.29 is 0 Å². The minimum atomic E-state index is 0.274. The first kappa shape index (κ1) is 15.5. The molecule has 1 aromatic carbocycles. The number of halogens is 1. The second-order valence-corrected chi connectivity index (χ2v) is 8.09. The van der Waals surface area contributed by atoms with Gasteiger partial charge in [0.2, 0.25) is 0 Å². The Kier molecular flexibility index (Phi) is 4.45. The van der Waals surface area contributed by atoms with E-state index in [0.717, 1.165) is 13.1 Å². The van der Waals surface area contributed by atoms with Crippen molar-refractivity contribution in [2.75, 3.05) is 13.1 Å². The van der Waals surface area contributed by atoms with Crippen LogP contribution in [0.15, 0.2) is 28.7 Å². The Balaban J connectivity index is 1.80. The molecule has 1 N–H and O–H groups in total. The summed E-state index contributed by atoms with van der Waals surface area (Å²) in [6, 6.07) is 8.78. The van der Waals surface area contributed by atoms with E-state index in [1.807, 2.05) is 0 Å². The molecule has 1 spiro atoms. The van der Waals surface area contributed by atoms with Crippen molar-refractivity contribution in [3.63, 3.8) is 0 Å². The Morgan fingerprint density at radius 3 is 2.71 bits per heavy atom. The van der Waals surface area contributed by atoms with Crippen LogP contribution in [0.25, 0.3) is 0 Å². The summed E-state index contributed by atoms with van der Waals surface area (Å²) < 4.78 is 1.18. The third kappa shape index (κ3) is 3.20. The van der Waals surface area contributed by atoms with Crippen molar-refractivity contribution in [2.45, 2.75) is 63.6 Å². The molecule has 3 rings (SSSR count). The van der Waals surface area contributed by atoms with Gasteiger partial charge in [0.05, 0.1) is 0 Å². The van der Waals surface area contributed by atoms with Crippen LogP contribution in [-0.2, 0) is 6.54 Å². The van der Waals surface area contributed by atoms with E-state index in [1.165, 1.54) is 48.7 Å². The van der Waals surface area contributed by atoms with Gasteiger partial charge in [-0.1, -0.05) is 47.8 Å². The number of nitrogens with zero attached hydrogens (tertiary/aromatic N) is 1. The topological polar surface area (TPSA) is 15.3 Å². The monoisotopic (exact) mass is 350 g/mol. The average Bonchev–Trinajstić information content (AvgIpc) is 2.92. The highest BCUT2D eigenvalue weighted by Crippen LogP contribution is 2.37. The SMILES string of the molecule is CCC1(C)CNC2(CCCC2)CN1Cc1cccc(Br)c1. The molecule has 2 aliphatic rings. The van der Waals surface area contributed by atoms with Crippen molar-refractivity contribution >= 4 is 15.9 Å². The average molecular weight is 351 g/mol. The maximum Gasteiger partial charge on any atom is 0.0309 e. The smallest absolute Gasteiger partial charge is 0.0309 e. The summed E-state index contributed by atoms with van der Waals surface area (Å²) in [5, 5.41) is 3.91. The van der Waals surface area contributed by atoms with Crippen molar-refractivity contribution in [2.24, 2.45) is 0 Å². The molecule has 0 aromatic heterocycles. The lowest BCUT2D eigenvalue weighted by molar-refractivity contribution is 0.00778. The van der Waals surface area contributed by atoms with Crippen LogP contribution in [0.3, 0.4) is 0 Å². The zero-order chi connectivity index (χ0) is 14.9. The van der Waals surface area contributed by atoms with Gasteiger partial charge in [-0.05, 0) is 43.9 Å². The number of rotatable bonds is 3. The van der Waals surface area contributed by atoms with Gasteiger partial charge in [-0.15, -0.1) is 0 Å². The third-order valence-electron chi connectivity index (χ3n) is 5.69. The van der Waals surface area contributed by atoms with Crippen LogP contribution < -0.4 is 5.32 Å². The standard InChI is InChI=1S/C18H27BrN2/c1-3-17(2)13-20-18(9-4-5-10-18)14-21(17)12-15-7-6-8-16(19)11-15/h6-8,11,20H,3-5,9-10,12-14H2,1-2H3. The van der Waals surface area contributed by atoms with Gasteiger partial charge >= 0.3 is 0 Å². The van der Waals surface area contributed by atoms with Gasteiger partial charge in [0, 0.05) is 35.2 Å². The van der Waals surface area contributed by atoms with Crippen LogP contribution in [-0.4, -0.2) is 29.1 Å². The van der Waals surface area contributed by atoms with Crippen LogP contribution >= 0.6 is 15.9 Å². The molecular weight excluding hydrogens is 324 g/mol. The Morgan fingerprint density at radius 1 is 1.29 bits per heavy atom. The first-order valence-corrected chi connectivity index (χ1v) is 9.09. The van der Waals surface area contributed by atoms with E-state index in [9.17, 15) is 0 Å². The molecule has 1 aromatic rings. The minimum Gasteiger partial charge on any atom is -0.308 e. The van der Waals surface area contributed by atoms with Crippen LogP contribution in [0, 0.1) is 0 Å². The van der Waals surface area contributed by atoms with E-state index in [0.29, 0.717) is 5.54 Å². The zero-order valence-corrected chi connectivity index (χ0v) is 14.9. The first-order valence-electron chi connectivity index (χ1n) is 8.30. The van der Waals surface area contributed by atoms with Crippen LogP contribution in [0.1, 0.15) is 51.5 Å². The van der Waals surface area contributed by atoms with E-state index < -0.39 is 0 Å². The lowest BCUT2D eigenvalue weighted by Crippen LogP contribution is -2.67. The third-order valence-corrected chi connectivity index (χ3v) is 6.18. The number of benzene rings is 1. The van der Waals surface area contributed by atoms with Gasteiger partial charge in [0.15, 0.2) is 0 Å². The van der Waals surface area contributed by atoms with Crippen LogP contribution in [0.2, 0.25) is 0 Å². The molecule has 0 amide bonds. The van der Waals surface area contributed by atoms with Gasteiger partial charge in [-0.25, -0.2) is 0 Å². The van der Waals surface area contributed by atoms with E-state index in [-0.39, 0.29) is 5.54 Å². The van der Waals surface area contributed by atoms with Crippen molar-refractivity contribution in [1.82, 2.24) is 10.2 Å². The highest BCUT2D eigenvalue weighted by Gasteiger charge is 2.45. The molecule has 0 radical (unpaired) electrons. The second kappa shape index (κ2) is 6.02. The van der Waals surface area contributed by atoms with Gasteiger partial charge in [-0.2, -0.15) is 0 Å². The van der Waals surface area contributed by atoms with Crippen molar-refractivity contribution in [1.29, 1.82) is 0 Å². The fourth-order valence-corrected chi connectivity index (χ4v) is 4.39.